The first-order valence-corrected chi connectivity index (χ1v) is 6.62. The minimum Gasteiger partial charge on any atom is -0.469 e. The van der Waals surface area contributed by atoms with Gasteiger partial charge >= 0.3 is 11.9 Å². The monoisotopic (exact) mass is 248 g/mol. The van der Waals surface area contributed by atoms with Gasteiger partial charge in [0.2, 0.25) is 0 Å². The highest BCUT2D eigenvalue weighted by Gasteiger charge is 3.21. The smallest absolute Gasteiger partial charge is 0.313 e. The average Bonchev–Trinajstić information content (AvgIpc) is 2.36. The van der Waals surface area contributed by atoms with E-state index < -0.39 is 0 Å². The number of carbonyl (C=O) groups excluding carboxylic acids is 2. The van der Waals surface area contributed by atoms with Gasteiger partial charge in [0.25, 0.3) is 0 Å². The normalized spacial score (nSPS) is 70.4. The Hall–Kier alpha value is -1.06. The lowest BCUT2D eigenvalue weighted by molar-refractivity contribution is -0.708. The maximum atomic E-state index is 12.1. The predicted octanol–water partition coefficient (Wildman–Crippen LogP) is 0.851. The molecule has 4 heteroatoms. The van der Waals surface area contributed by atoms with Crippen molar-refractivity contribution in [1.82, 2.24) is 0 Å². The van der Waals surface area contributed by atoms with Gasteiger partial charge in [0.1, 0.15) is 0 Å². The van der Waals surface area contributed by atoms with Crippen LogP contribution < -0.4 is 0 Å². The summed E-state index contributed by atoms with van der Waals surface area (Å²) in [6, 6.07) is 0. The summed E-state index contributed by atoms with van der Waals surface area (Å²) < 4.78 is 10.1. The largest absolute Gasteiger partial charge is 0.469 e. The highest BCUT2D eigenvalue weighted by Crippen LogP contribution is 3.18. The molecule has 96 valence electrons. The Morgan fingerprint density at radius 1 is 0.833 bits per heavy atom. The molecule has 0 bridgehead atoms. The van der Waals surface area contributed by atoms with Gasteiger partial charge in [0, 0.05) is 0 Å². The Kier molecular flexibility index (Phi) is 1.05. The van der Waals surface area contributed by atoms with Crippen LogP contribution in [-0.2, 0) is 19.1 Å². The molecule has 6 aliphatic rings. The lowest BCUT2D eigenvalue weighted by Gasteiger charge is -3.16. The Morgan fingerprint density at radius 2 is 1.17 bits per heavy atom. The van der Waals surface area contributed by atoms with Crippen LogP contribution in [0.25, 0.3) is 0 Å². The Morgan fingerprint density at radius 3 is 1.39 bits per heavy atom. The number of carbonyl (C=O) groups is 2. The third-order valence-electron chi connectivity index (χ3n) is 8.23. The van der Waals surface area contributed by atoms with E-state index in [0.29, 0.717) is 23.7 Å². The van der Waals surface area contributed by atoms with Crippen molar-refractivity contribution < 1.29 is 19.1 Å². The first-order chi connectivity index (χ1) is 8.44. The molecule has 0 aromatic rings. The Bertz CT molecular complexity index is 520. The maximum absolute atomic E-state index is 12.1. The lowest BCUT2D eigenvalue weighted by Crippen LogP contribution is -3.19. The van der Waals surface area contributed by atoms with Crippen LogP contribution in [0.15, 0.2) is 0 Å². The van der Waals surface area contributed by atoms with Gasteiger partial charge in [-0.15, -0.1) is 0 Å². The van der Waals surface area contributed by atoms with Crippen molar-refractivity contribution in [3.05, 3.63) is 0 Å². The SMILES string of the molecule is COC(=O)C12C3C4C1C1(C)C4(C(=O)OC)C3C21C. The van der Waals surface area contributed by atoms with Crippen molar-refractivity contribution >= 4 is 11.9 Å². The van der Waals surface area contributed by atoms with Crippen LogP contribution >= 0.6 is 0 Å². The summed E-state index contributed by atoms with van der Waals surface area (Å²) in [5, 5.41) is 0. The van der Waals surface area contributed by atoms with Crippen molar-refractivity contribution in [3.63, 3.8) is 0 Å². The molecule has 6 rings (SSSR count). The second kappa shape index (κ2) is 1.93. The number of hydrogen-bond acceptors (Lipinski definition) is 4. The van der Waals surface area contributed by atoms with E-state index >= 15 is 0 Å². The molecule has 0 heterocycles. The predicted molar refractivity (Wildman–Crippen MR) is 59.1 cm³/mol. The van der Waals surface area contributed by atoms with Crippen LogP contribution in [0.2, 0.25) is 0 Å². The summed E-state index contributed by atoms with van der Waals surface area (Å²) in [7, 11) is 2.96. The van der Waals surface area contributed by atoms with Crippen molar-refractivity contribution in [2.45, 2.75) is 13.8 Å². The van der Waals surface area contributed by atoms with Crippen LogP contribution in [0.5, 0.6) is 0 Å². The maximum Gasteiger partial charge on any atom is 0.313 e. The highest BCUT2D eigenvalue weighted by molar-refractivity contribution is 5.99. The molecule has 0 aromatic carbocycles. The van der Waals surface area contributed by atoms with Gasteiger partial charge in [-0.25, -0.2) is 0 Å². The molecule has 0 N–H and O–H groups in total. The summed E-state index contributed by atoms with van der Waals surface area (Å²) >= 11 is 0. The number of rotatable bonds is 2. The number of hydrogen-bond donors (Lipinski definition) is 0. The van der Waals surface area contributed by atoms with E-state index in [4.69, 9.17) is 9.47 Å². The molecule has 0 saturated heterocycles. The molecule has 8 unspecified atom stereocenters. The zero-order valence-corrected chi connectivity index (χ0v) is 10.9. The van der Waals surface area contributed by atoms with E-state index in [9.17, 15) is 9.59 Å². The van der Waals surface area contributed by atoms with Crippen LogP contribution in [0.1, 0.15) is 13.8 Å². The molecule has 0 aromatic heterocycles. The van der Waals surface area contributed by atoms with Gasteiger partial charge in [-0.05, 0) is 34.5 Å². The first-order valence-electron chi connectivity index (χ1n) is 6.62. The molecule has 6 fully saturated rings. The summed E-state index contributed by atoms with van der Waals surface area (Å²) in [4.78, 5) is 24.3. The number of esters is 2. The molecule has 18 heavy (non-hydrogen) atoms. The van der Waals surface area contributed by atoms with Crippen LogP contribution in [-0.4, -0.2) is 26.2 Å². The molecule has 4 nitrogen and oxygen atoms in total. The molecular weight excluding hydrogens is 232 g/mol. The summed E-state index contributed by atoms with van der Waals surface area (Å²) in [5.41, 5.74) is -0.486. The minimum atomic E-state index is -0.235. The molecule has 0 aliphatic heterocycles. The van der Waals surface area contributed by atoms with Gasteiger partial charge < -0.3 is 9.47 Å². The number of ether oxygens (including phenoxy) is 2. The fourth-order valence-electron chi connectivity index (χ4n) is 8.18. The van der Waals surface area contributed by atoms with E-state index in [1.54, 1.807) is 0 Å². The molecule has 0 radical (unpaired) electrons. The van der Waals surface area contributed by atoms with Gasteiger partial charge in [-0.3, -0.25) is 9.59 Å². The van der Waals surface area contributed by atoms with E-state index in [-0.39, 0.29) is 33.6 Å². The van der Waals surface area contributed by atoms with E-state index in [1.807, 2.05) is 0 Å². The zero-order valence-electron chi connectivity index (χ0n) is 10.9. The van der Waals surface area contributed by atoms with Crippen molar-refractivity contribution in [1.29, 1.82) is 0 Å². The topological polar surface area (TPSA) is 52.6 Å². The van der Waals surface area contributed by atoms with E-state index in [2.05, 4.69) is 13.8 Å². The Balaban J connectivity index is 1.64. The first kappa shape index (κ1) is 9.82. The third-order valence-corrected chi connectivity index (χ3v) is 8.23. The lowest BCUT2D eigenvalue weighted by atomic mass is 8.84. The van der Waals surface area contributed by atoms with Gasteiger partial charge in [-0.2, -0.15) is 0 Å². The van der Waals surface area contributed by atoms with E-state index in [0.717, 1.165) is 0 Å². The minimum absolute atomic E-state index is 0.00856. The van der Waals surface area contributed by atoms with Crippen LogP contribution in [0, 0.1) is 45.3 Å². The second-order valence-corrected chi connectivity index (χ2v) is 7.13. The molecule has 8 atom stereocenters. The molecule has 0 amide bonds. The third kappa shape index (κ3) is 0.359. The second-order valence-electron chi connectivity index (χ2n) is 7.13. The average molecular weight is 248 g/mol. The van der Waals surface area contributed by atoms with Gasteiger partial charge in [0.05, 0.1) is 25.0 Å². The van der Waals surface area contributed by atoms with Crippen LogP contribution in [0.4, 0.5) is 0 Å². The van der Waals surface area contributed by atoms with Crippen molar-refractivity contribution in [2.24, 2.45) is 45.3 Å². The van der Waals surface area contributed by atoms with Crippen molar-refractivity contribution in [2.75, 3.05) is 14.2 Å². The fourth-order valence-corrected chi connectivity index (χ4v) is 8.18. The zero-order chi connectivity index (χ0) is 12.9. The Labute approximate surface area is 105 Å². The highest BCUT2D eigenvalue weighted by atomic mass is 16.5. The molecule has 0 spiro atoms. The van der Waals surface area contributed by atoms with Crippen molar-refractivity contribution in [3.8, 4) is 0 Å². The van der Waals surface area contributed by atoms with Gasteiger partial charge in [-0.1, -0.05) is 13.8 Å². The summed E-state index contributed by atoms with van der Waals surface area (Å²) in [6.07, 6.45) is 0. The van der Waals surface area contributed by atoms with Crippen LogP contribution in [0.3, 0.4) is 0 Å². The standard InChI is InChI=1S/C14H16O4/c1-11-7-5-6-8(13(5,11)9(15)17-3)12(11,2)14(6,7)10(16)18-4/h5-8H,1-4H3. The van der Waals surface area contributed by atoms with Gasteiger partial charge in [0.15, 0.2) is 0 Å². The quantitative estimate of drug-likeness (QED) is 0.680. The molecular formula is C14H16O4. The van der Waals surface area contributed by atoms with E-state index in [1.165, 1.54) is 14.2 Å². The summed E-state index contributed by atoms with van der Waals surface area (Å²) in [5.74, 6) is 1.47. The fraction of sp³-hybridized carbons (Fsp3) is 0.857. The number of methoxy groups -OCH3 is 2. The summed E-state index contributed by atoms with van der Waals surface area (Å²) in [6.45, 7) is 4.36. The molecule has 6 aliphatic carbocycles. The molecule has 6 saturated carbocycles.